The second kappa shape index (κ2) is 11.8. The van der Waals surface area contributed by atoms with Gasteiger partial charge >= 0.3 is 0 Å². The fraction of sp³-hybridized carbons (Fsp3) is 0.0816. The molecule has 1 unspecified atom stereocenters. The van der Waals surface area contributed by atoms with Crippen molar-refractivity contribution in [2.45, 2.75) is 25.0 Å². The van der Waals surface area contributed by atoms with Crippen molar-refractivity contribution in [3.8, 4) is 67.3 Å². The first-order valence-electron chi connectivity index (χ1n) is 24.7. The quantitative estimate of drug-likeness (QED) is 0.181. The van der Waals surface area contributed by atoms with E-state index in [4.69, 9.17) is 31.4 Å². The van der Waals surface area contributed by atoms with Gasteiger partial charge in [-0.05, 0) is 91.0 Å². The Balaban J connectivity index is 1.35. The van der Waals surface area contributed by atoms with Crippen molar-refractivity contribution < 1.29 is 21.9 Å². The number of hydrogen-bond acceptors (Lipinski definition) is 3. The molecule has 0 fully saturated rings. The monoisotopic (exact) mass is 681 g/mol. The molecule has 2 aliphatic rings. The molecule has 7 aromatic carbocycles. The SMILES string of the molecule is [2H]c1c([2H])c([2H])c2c(c1[2H])-c1c([2H])c3c(c([2H])c1C2c1nc(-c2cccc(-c4ccccc4)c2)nc(-c2cccc(-c4ccccc4)c2)n1)-c1c([2H])c([2H])c([2H])c([2H])c1C3(C([2H])([2H])[2H])C([2H])([2H])[2H]. The summed E-state index contributed by atoms with van der Waals surface area (Å²) >= 11 is 0. The largest absolute Gasteiger partial charge is 0.212 e. The Hall–Kier alpha value is -6.45. The third-order valence-electron chi connectivity index (χ3n) is 9.63. The first-order valence-corrected chi connectivity index (χ1v) is 16.7. The van der Waals surface area contributed by atoms with Crippen molar-refractivity contribution in [1.29, 1.82) is 0 Å². The zero-order chi connectivity index (χ0) is 48.5. The van der Waals surface area contributed by atoms with E-state index in [1.54, 1.807) is 12.1 Å². The molecule has 1 aromatic heterocycles. The van der Waals surface area contributed by atoms with Crippen molar-refractivity contribution in [3.63, 3.8) is 0 Å². The highest BCUT2D eigenvalue weighted by Crippen LogP contribution is 2.55. The van der Waals surface area contributed by atoms with Gasteiger partial charge in [0, 0.05) is 24.8 Å². The Morgan fingerprint density at radius 2 is 1.04 bits per heavy atom. The van der Waals surface area contributed by atoms with Crippen LogP contribution in [-0.4, -0.2) is 15.0 Å². The van der Waals surface area contributed by atoms with Gasteiger partial charge in [0.1, 0.15) is 5.82 Å². The molecule has 3 heteroatoms. The molecule has 52 heavy (non-hydrogen) atoms. The predicted molar refractivity (Wildman–Crippen MR) is 212 cm³/mol. The molecule has 0 spiro atoms. The topological polar surface area (TPSA) is 38.7 Å². The first kappa shape index (κ1) is 18.2. The fourth-order valence-corrected chi connectivity index (χ4v) is 7.16. The molecule has 0 bridgehead atoms. The molecule has 10 rings (SSSR count). The molecule has 0 aliphatic heterocycles. The third-order valence-corrected chi connectivity index (χ3v) is 9.63. The Bertz CT molecular complexity index is 3330. The molecular weight excluding hydrogens is 631 g/mol. The lowest BCUT2D eigenvalue weighted by molar-refractivity contribution is 0.660. The molecule has 0 radical (unpaired) electrons. The lowest BCUT2D eigenvalue weighted by Crippen LogP contribution is -2.15. The van der Waals surface area contributed by atoms with Crippen molar-refractivity contribution in [2.24, 2.45) is 0 Å². The van der Waals surface area contributed by atoms with Crippen LogP contribution in [0.25, 0.3) is 67.3 Å². The number of fused-ring (bicyclic) bond motifs is 6. The fourth-order valence-electron chi connectivity index (χ4n) is 7.16. The van der Waals surface area contributed by atoms with E-state index in [-0.39, 0.29) is 39.7 Å². The van der Waals surface area contributed by atoms with Crippen LogP contribution in [-0.2, 0) is 5.41 Å². The Labute approximate surface area is 326 Å². The summed E-state index contributed by atoms with van der Waals surface area (Å²) in [4.78, 5) is 15.0. The summed E-state index contributed by atoms with van der Waals surface area (Å²) in [5, 5.41) is 0. The van der Waals surface area contributed by atoms with E-state index >= 15 is 0 Å². The van der Waals surface area contributed by atoms with Gasteiger partial charge in [-0.25, -0.2) is 15.0 Å². The van der Waals surface area contributed by atoms with Crippen molar-refractivity contribution >= 4 is 0 Å². The van der Waals surface area contributed by atoms with Crippen LogP contribution < -0.4 is 0 Å². The van der Waals surface area contributed by atoms with Gasteiger partial charge in [-0.15, -0.1) is 0 Å². The summed E-state index contributed by atoms with van der Waals surface area (Å²) < 4.78 is 145. The van der Waals surface area contributed by atoms with Crippen LogP contribution in [0.5, 0.6) is 0 Å². The normalized spacial score (nSPS) is 19.6. The van der Waals surface area contributed by atoms with Crippen molar-refractivity contribution in [2.75, 3.05) is 0 Å². The zero-order valence-corrected chi connectivity index (χ0v) is 27.3. The van der Waals surface area contributed by atoms with Crippen LogP contribution in [0.1, 0.15) is 69.6 Å². The molecule has 8 aromatic rings. The summed E-state index contributed by atoms with van der Waals surface area (Å²) in [7, 11) is 0. The highest BCUT2D eigenvalue weighted by atomic mass is 15.0. The van der Waals surface area contributed by atoms with E-state index in [2.05, 4.69) is 0 Å². The Morgan fingerprint density at radius 1 is 0.481 bits per heavy atom. The van der Waals surface area contributed by atoms with Crippen LogP contribution in [0.15, 0.2) is 170 Å². The van der Waals surface area contributed by atoms with Crippen LogP contribution in [0.4, 0.5) is 0 Å². The highest BCUT2D eigenvalue weighted by Gasteiger charge is 2.40. The summed E-state index contributed by atoms with van der Waals surface area (Å²) in [6.07, 6.45) is 0. The predicted octanol–water partition coefficient (Wildman–Crippen LogP) is 12.0. The second-order valence-electron chi connectivity index (χ2n) is 12.7. The van der Waals surface area contributed by atoms with E-state index in [1.807, 2.05) is 97.1 Å². The van der Waals surface area contributed by atoms with Gasteiger partial charge in [0.25, 0.3) is 0 Å². The Kier molecular flexibility index (Phi) is 4.13. The maximum Gasteiger partial charge on any atom is 0.163 e. The molecule has 246 valence electrons. The van der Waals surface area contributed by atoms with E-state index in [0.29, 0.717) is 11.1 Å². The standard InChI is InChI=1S/C49H35N3/c1-49(2)43-26-12-11-24-38(43)41-29-42-40(30-44(41)49)37-23-9-10-25-39(37)45(42)48-51-46(35-21-13-19-33(27-35)31-15-5-3-6-16-31)50-47(52-48)36-22-14-20-34(28-36)32-17-7-4-8-18-32/h3-30,45H,1-2H3/i1D3,2D3,9D,10D,11D,12D,23D,24D,25D,26D,29D,30D. The van der Waals surface area contributed by atoms with Gasteiger partial charge in [0.05, 0.1) is 19.6 Å². The maximum atomic E-state index is 10.1. The molecule has 0 saturated carbocycles. The van der Waals surface area contributed by atoms with Crippen LogP contribution in [0, 0.1) is 0 Å². The molecule has 0 N–H and O–H groups in total. The summed E-state index contributed by atoms with van der Waals surface area (Å²) in [5.74, 6) is -1.39. The minimum Gasteiger partial charge on any atom is -0.212 e. The smallest absolute Gasteiger partial charge is 0.163 e. The van der Waals surface area contributed by atoms with Crippen LogP contribution in [0.3, 0.4) is 0 Å². The maximum absolute atomic E-state index is 10.1. The van der Waals surface area contributed by atoms with Gasteiger partial charge in [-0.2, -0.15) is 0 Å². The van der Waals surface area contributed by atoms with Gasteiger partial charge in [-0.3, -0.25) is 0 Å². The lowest BCUT2D eigenvalue weighted by atomic mass is 9.81. The lowest BCUT2D eigenvalue weighted by Gasteiger charge is -2.22. The molecule has 1 heterocycles. The average molecular weight is 682 g/mol. The summed E-state index contributed by atoms with van der Waals surface area (Å²) in [6, 6.07) is 26.3. The van der Waals surface area contributed by atoms with E-state index < -0.39 is 108 Å². The molecule has 0 saturated heterocycles. The molecule has 0 amide bonds. The summed E-state index contributed by atoms with van der Waals surface area (Å²) in [6.45, 7) is -7.27. The van der Waals surface area contributed by atoms with Gasteiger partial charge < -0.3 is 0 Å². The van der Waals surface area contributed by atoms with Crippen molar-refractivity contribution in [3.05, 3.63) is 198 Å². The molecular formula is C49H35N3. The van der Waals surface area contributed by atoms with E-state index in [1.165, 1.54) is 0 Å². The molecule has 1 atom stereocenters. The minimum absolute atomic E-state index is 0.130. The number of nitrogens with zero attached hydrogens (tertiary/aromatic N) is 3. The number of hydrogen-bond donors (Lipinski definition) is 0. The second-order valence-corrected chi connectivity index (χ2v) is 12.7. The van der Waals surface area contributed by atoms with E-state index in [9.17, 15) is 5.48 Å². The van der Waals surface area contributed by atoms with E-state index in [0.717, 1.165) is 22.3 Å². The third kappa shape index (κ3) is 4.85. The van der Waals surface area contributed by atoms with Crippen LogP contribution >= 0.6 is 0 Å². The number of aromatic nitrogens is 3. The van der Waals surface area contributed by atoms with Gasteiger partial charge in [0.2, 0.25) is 0 Å². The minimum atomic E-state index is -3.63. The number of rotatable bonds is 5. The zero-order valence-electron chi connectivity index (χ0n) is 43.3. The van der Waals surface area contributed by atoms with Gasteiger partial charge in [-0.1, -0.05) is 159 Å². The highest BCUT2D eigenvalue weighted by molar-refractivity contribution is 5.89. The number of benzene rings is 7. The molecule has 2 aliphatic carbocycles. The van der Waals surface area contributed by atoms with Gasteiger partial charge in [0.15, 0.2) is 11.6 Å². The molecule has 3 nitrogen and oxygen atoms in total. The Morgan fingerprint density at radius 3 is 1.67 bits per heavy atom. The van der Waals surface area contributed by atoms with Crippen LogP contribution in [0.2, 0.25) is 0 Å². The first-order chi connectivity index (χ1) is 32.2. The average Bonchev–Trinajstić information content (AvgIpc) is 3.88. The van der Waals surface area contributed by atoms with Crippen molar-refractivity contribution in [1.82, 2.24) is 15.0 Å². The summed E-state index contributed by atoms with van der Waals surface area (Å²) in [5.41, 5.74) is -2.62.